The predicted molar refractivity (Wildman–Crippen MR) is 81.5 cm³/mol. The van der Waals surface area contributed by atoms with Crippen molar-refractivity contribution in [1.82, 2.24) is 5.32 Å². The van der Waals surface area contributed by atoms with Crippen molar-refractivity contribution in [3.8, 4) is 0 Å². The molecule has 0 fully saturated rings. The Kier molecular flexibility index (Phi) is 7.30. The van der Waals surface area contributed by atoms with Crippen molar-refractivity contribution in [3.05, 3.63) is 34.3 Å². The summed E-state index contributed by atoms with van der Waals surface area (Å²) in [5.74, 6) is -1.44. The van der Waals surface area contributed by atoms with Gasteiger partial charge in [-0.15, -0.1) is 0 Å². The minimum absolute atomic E-state index is 0.102. The first kappa shape index (κ1) is 16.7. The zero-order valence-corrected chi connectivity index (χ0v) is 13.1. The number of benzene rings is 1. The van der Waals surface area contributed by atoms with E-state index in [2.05, 4.69) is 21.2 Å². The Labute approximate surface area is 127 Å². The Morgan fingerprint density at radius 2 is 1.95 bits per heavy atom. The van der Waals surface area contributed by atoms with Crippen LogP contribution < -0.4 is 5.32 Å². The Hall–Kier alpha value is -1.36. The van der Waals surface area contributed by atoms with Gasteiger partial charge in [-0.2, -0.15) is 0 Å². The lowest BCUT2D eigenvalue weighted by Crippen LogP contribution is -2.33. The average Bonchev–Trinajstić information content (AvgIpc) is 2.42. The Morgan fingerprint density at radius 3 is 2.50 bits per heavy atom. The summed E-state index contributed by atoms with van der Waals surface area (Å²) in [6.07, 6.45) is 2.42. The topological polar surface area (TPSA) is 66.4 Å². The number of hydrogen-bond donors (Lipinski definition) is 2. The molecule has 0 saturated carbocycles. The molecule has 0 radical (unpaired) electrons. The number of carboxylic acid groups (broad SMARTS) is 1. The fourth-order valence-corrected chi connectivity index (χ4v) is 2.16. The quantitative estimate of drug-likeness (QED) is 0.763. The fraction of sp³-hybridized carbons (Fsp3) is 0.467. The number of hydrogen-bond acceptors (Lipinski definition) is 2. The third-order valence-electron chi connectivity index (χ3n) is 3.09. The van der Waals surface area contributed by atoms with Gasteiger partial charge in [-0.05, 0) is 30.5 Å². The van der Waals surface area contributed by atoms with Crippen molar-refractivity contribution in [2.24, 2.45) is 5.92 Å². The summed E-state index contributed by atoms with van der Waals surface area (Å²) in [6, 6.07) is 7.81. The standard InChI is InChI=1S/C15H20BrNO3/c1-2-3-12(15(19)20)10-17-14(18)9-6-11-4-7-13(16)8-5-11/h4-5,7-8,12H,2-3,6,9-10H2,1H3,(H,17,18)(H,19,20). The van der Waals surface area contributed by atoms with Crippen molar-refractivity contribution in [1.29, 1.82) is 0 Å². The molecule has 1 rings (SSSR count). The lowest BCUT2D eigenvalue weighted by atomic mass is 10.0. The van der Waals surface area contributed by atoms with Crippen molar-refractivity contribution < 1.29 is 14.7 Å². The molecule has 0 bridgehead atoms. The van der Waals surface area contributed by atoms with Crippen LogP contribution in [0.15, 0.2) is 28.7 Å². The molecule has 0 aliphatic rings. The first-order valence-electron chi connectivity index (χ1n) is 6.77. The molecular formula is C15H20BrNO3. The number of amides is 1. The smallest absolute Gasteiger partial charge is 0.308 e. The largest absolute Gasteiger partial charge is 0.481 e. The van der Waals surface area contributed by atoms with E-state index in [4.69, 9.17) is 5.11 Å². The van der Waals surface area contributed by atoms with Crippen LogP contribution in [0, 0.1) is 5.92 Å². The minimum Gasteiger partial charge on any atom is -0.481 e. The van der Waals surface area contributed by atoms with Gasteiger partial charge in [0.15, 0.2) is 0 Å². The van der Waals surface area contributed by atoms with Crippen molar-refractivity contribution in [3.63, 3.8) is 0 Å². The van der Waals surface area contributed by atoms with Crippen LogP contribution in [-0.2, 0) is 16.0 Å². The molecule has 1 unspecified atom stereocenters. The van der Waals surface area contributed by atoms with E-state index < -0.39 is 11.9 Å². The van der Waals surface area contributed by atoms with Gasteiger partial charge in [-0.1, -0.05) is 41.4 Å². The highest BCUT2D eigenvalue weighted by Crippen LogP contribution is 2.12. The Balaban J connectivity index is 2.32. The third-order valence-corrected chi connectivity index (χ3v) is 3.61. The van der Waals surface area contributed by atoms with E-state index in [0.29, 0.717) is 19.3 Å². The van der Waals surface area contributed by atoms with Gasteiger partial charge in [-0.3, -0.25) is 9.59 Å². The van der Waals surface area contributed by atoms with Crippen LogP contribution in [0.2, 0.25) is 0 Å². The predicted octanol–water partition coefficient (Wildman–Crippen LogP) is 3.00. The highest BCUT2D eigenvalue weighted by molar-refractivity contribution is 9.10. The van der Waals surface area contributed by atoms with Crippen LogP contribution in [0.5, 0.6) is 0 Å². The summed E-state index contributed by atoms with van der Waals surface area (Å²) < 4.78 is 1.01. The van der Waals surface area contributed by atoms with Gasteiger partial charge in [0.05, 0.1) is 5.92 Å². The number of carbonyl (C=O) groups is 2. The van der Waals surface area contributed by atoms with E-state index in [1.807, 2.05) is 31.2 Å². The first-order chi connectivity index (χ1) is 9.52. The zero-order chi connectivity index (χ0) is 15.0. The van der Waals surface area contributed by atoms with Crippen molar-refractivity contribution >= 4 is 27.8 Å². The molecule has 1 aromatic rings. The van der Waals surface area contributed by atoms with Gasteiger partial charge < -0.3 is 10.4 Å². The number of carbonyl (C=O) groups excluding carboxylic acids is 1. The third kappa shape index (κ3) is 6.19. The number of halogens is 1. The second kappa shape index (κ2) is 8.74. The van der Waals surface area contributed by atoms with Crippen LogP contribution in [0.3, 0.4) is 0 Å². The maximum Gasteiger partial charge on any atom is 0.308 e. The van der Waals surface area contributed by atoms with E-state index in [0.717, 1.165) is 16.5 Å². The molecule has 1 amide bonds. The lowest BCUT2D eigenvalue weighted by Gasteiger charge is -2.12. The SMILES string of the molecule is CCCC(CNC(=O)CCc1ccc(Br)cc1)C(=O)O. The number of carboxylic acids is 1. The molecule has 0 heterocycles. The molecule has 0 aliphatic heterocycles. The van der Waals surface area contributed by atoms with Gasteiger partial charge in [0.25, 0.3) is 0 Å². The van der Waals surface area contributed by atoms with Gasteiger partial charge in [0.1, 0.15) is 0 Å². The van der Waals surface area contributed by atoms with E-state index in [9.17, 15) is 9.59 Å². The molecule has 1 aromatic carbocycles. The van der Waals surface area contributed by atoms with Crippen LogP contribution >= 0.6 is 15.9 Å². The molecule has 110 valence electrons. The first-order valence-corrected chi connectivity index (χ1v) is 7.56. The molecule has 0 spiro atoms. The summed E-state index contributed by atoms with van der Waals surface area (Å²) >= 11 is 3.36. The van der Waals surface area contributed by atoms with Gasteiger partial charge >= 0.3 is 5.97 Å². The Bertz CT molecular complexity index is 445. The van der Waals surface area contributed by atoms with Crippen LogP contribution in [0.4, 0.5) is 0 Å². The summed E-state index contributed by atoms with van der Waals surface area (Å²) in [4.78, 5) is 22.7. The van der Waals surface area contributed by atoms with Crippen molar-refractivity contribution in [2.45, 2.75) is 32.6 Å². The van der Waals surface area contributed by atoms with Crippen molar-refractivity contribution in [2.75, 3.05) is 6.54 Å². The summed E-state index contributed by atoms with van der Waals surface area (Å²) in [5.41, 5.74) is 1.09. The maximum absolute atomic E-state index is 11.7. The number of aryl methyl sites for hydroxylation is 1. The monoisotopic (exact) mass is 341 g/mol. The molecule has 1 atom stereocenters. The van der Waals surface area contributed by atoms with Crippen LogP contribution in [-0.4, -0.2) is 23.5 Å². The second-order valence-corrected chi connectivity index (χ2v) is 5.67. The second-order valence-electron chi connectivity index (χ2n) is 4.75. The molecule has 0 aromatic heterocycles. The summed E-state index contributed by atoms with van der Waals surface area (Å²) in [7, 11) is 0. The van der Waals surface area contributed by atoms with Gasteiger partial charge in [-0.25, -0.2) is 0 Å². The number of nitrogens with one attached hydrogen (secondary N) is 1. The van der Waals surface area contributed by atoms with Crippen LogP contribution in [0.1, 0.15) is 31.7 Å². The molecule has 0 saturated heterocycles. The maximum atomic E-state index is 11.7. The summed E-state index contributed by atoms with van der Waals surface area (Å²) in [5, 5.41) is 11.7. The Morgan fingerprint density at radius 1 is 1.30 bits per heavy atom. The molecule has 20 heavy (non-hydrogen) atoms. The zero-order valence-electron chi connectivity index (χ0n) is 11.6. The molecule has 4 nitrogen and oxygen atoms in total. The molecule has 0 aliphatic carbocycles. The van der Waals surface area contributed by atoms with Gasteiger partial charge in [0.2, 0.25) is 5.91 Å². The molecule has 5 heteroatoms. The van der Waals surface area contributed by atoms with Gasteiger partial charge in [0, 0.05) is 17.4 Å². The minimum atomic E-state index is -0.847. The van der Waals surface area contributed by atoms with E-state index in [1.54, 1.807) is 0 Å². The molecule has 2 N–H and O–H groups in total. The number of rotatable bonds is 8. The average molecular weight is 342 g/mol. The fourth-order valence-electron chi connectivity index (χ4n) is 1.90. The molecular weight excluding hydrogens is 322 g/mol. The highest BCUT2D eigenvalue weighted by Gasteiger charge is 2.16. The number of aliphatic carboxylic acids is 1. The van der Waals surface area contributed by atoms with E-state index >= 15 is 0 Å². The summed E-state index contributed by atoms with van der Waals surface area (Å²) in [6.45, 7) is 2.15. The van der Waals surface area contributed by atoms with E-state index in [-0.39, 0.29) is 12.5 Å². The normalized spacial score (nSPS) is 11.9. The van der Waals surface area contributed by atoms with Crippen LogP contribution in [0.25, 0.3) is 0 Å². The highest BCUT2D eigenvalue weighted by atomic mass is 79.9. The lowest BCUT2D eigenvalue weighted by molar-refractivity contribution is -0.141. The van der Waals surface area contributed by atoms with E-state index in [1.165, 1.54) is 0 Å².